The van der Waals surface area contributed by atoms with E-state index in [1.165, 1.54) is 0 Å². The van der Waals surface area contributed by atoms with Crippen molar-refractivity contribution in [1.82, 2.24) is 21.3 Å². The lowest BCUT2D eigenvalue weighted by molar-refractivity contribution is -0.142. The Hall–Kier alpha value is -4.23. The molecular weight excluding hydrogens is 590 g/mol. The summed E-state index contributed by atoms with van der Waals surface area (Å²) >= 11 is 0. The highest BCUT2D eigenvalue weighted by molar-refractivity contribution is 5.95. The minimum atomic E-state index is -1.27. The number of hydrogen-bond acceptors (Lipinski definition) is 10. The van der Waals surface area contributed by atoms with Crippen LogP contribution in [0.15, 0.2) is 9.98 Å². The number of carboxylic acid groups (broad SMARTS) is 1. The number of rotatable bonds is 25. The first-order chi connectivity index (χ1) is 21.4. The third-order valence-corrected chi connectivity index (χ3v) is 6.50. The molecule has 19 N–H and O–H groups in total. The van der Waals surface area contributed by atoms with Crippen molar-refractivity contribution < 1.29 is 29.1 Å². The van der Waals surface area contributed by atoms with Gasteiger partial charge in [-0.1, -0.05) is 0 Å². The van der Waals surface area contributed by atoms with Gasteiger partial charge in [-0.25, -0.2) is 4.79 Å². The Bertz CT molecular complexity index is 986. The number of amides is 4. The lowest BCUT2D eigenvalue weighted by Crippen LogP contribution is -2.58. The van der Waals surface area contributed by atoms with Crippen molar-refractivity contribution in [2.75, 3.05) is 32.7 Å². The molecule has 4 unspecified atom stereocenters. The molecule has 0 spiro atoms. The van der Waals surface area contributed by atoms with Gasteiger partial charge in [0.05, 0.1) is 6.54 Å². The average molecular weight is 644 g/mol. The van der Waals surface area contributed by atoms with Gasteiger partial charge in [0.2, 0.25) is 23.6 Å². The van der Waals surface area contributed by atoms with Gasteiger partial charge < -0.3 is 66.5 Å². The molecule has 0 aromatic rings. The predicted octanol–water partition coefficient (Wildman–Crippen LogP) is -4.67. The summed E-state index contributed by atoms with van der Waals surface area (Å²) in [5, 5.41) is 19.9. The maximum Gasteiger partial charge on any atom is 0.326 e. The number of carboxylic acids is 1. The molecule has 19 nitrogen and oxygen atoms in total. The van der Waals surface area contributed by atoms with Crippen LogP contribution in [0.1, 0.15) is 64.2 Å². The van der Waals surface area contributed by atoms with E-state index in [1.54, 1.807) is 0 Å². The first kappa shape index (κ1) is 40.8. The fourth-order valence-electron chi connectivity index (χ4n) is 4.13. The molecule has 0 rings (SSSR count). The zero-order valence-electron chi connectivity index (χ0n) is 25.8. The van der Waals surface area contributed by atoms with Crippen LogP contribution in [0.5, 0.6) is 0 Å². The second kappa shape index (κ2) is 24.1. The van der Waals surface area contributed by atoms with Crippen molar-refractivity contribution in [3.05, 3.63) is 0 Å². The number of unbranched alkanes of at least 4 members (excludes halogenated alkanes) is 2. The van der Waals surface area contributed by atoms with E-state index < -0.39 is 53.8 Å². The van der Waals surface area contributed by atoms with E-state index in [0.717, 1.165) is 0 Å². The molecule has 0 bridgehead atoms. The van der Waals surface area contributed by atoms with E-state index in [-0.39, 0.29) is 70.1 Å². The van der Waals surface area contributed by atoms with Gasteiger partial charge in [0.25, 0.3) is 0 Å². The summed E-state index contributed by atoms with van der Waals surface area (Å²) in [5.74, 6) is -4.18. The van der Waals surface area contributed by atoms with Gasteiger partial charge in [-0.2, -0.15) is 0 Å². The molecule has 0 aliphatic rings. The third kappa shape index (κ3) is 19.6. The molecule has 0 saturated heterocycles. The number of guanidine groups is 2. The fourth-order valence-corrected chi connectivity index (χ4v) is 4.13. The van der Waals surface area contributed by atoms with Gasteiger partial charge in [-0.3, -0.25) is 29.2 Å². The Morgan fingerprint density at radius 2 is 0.889 bits per heavy atom. The van der Waals surface area contributed by atoms with Crippen molar-refractivity contribution in [3.63, 3.8) is 0 Å². The number of nitrogens with one attached hydrogen (secondary N) is 4. The molecule has 0 radical (unpaired) electrons. The molecule has 0 aliphatic carbocycles. The lowest BCUT2D eigenvalue weighted by atomic mass is 10.0. The molecule has 0 heterocycles. The fraction of sp³-hybridized carbons (Fsp3) is 0.731. The molecule has 0 aliphatic heterocycles. The van der Waals surface area contributed by atoms with E-state index in [1.807, 2.05) is 0 Å². The largest absolute Gasteiger partial charge is 0.480 e. The van der Waals surface area contributed by atoms with E-state index in [4.69, 9.17) is 40.1 Å². The summed E-state index contributed by atoms with van der Waals surface area (Å²) < 4.78 is 0. The second-order valence-corrected chi connectivity index (χ2v) is 10.3. The molecule has 4 amide bonds. The lowest BCUT2D eigenvalue weighted by Gasteiger charge is -2.26. The summed E-state index contributed by atoms with van der Waals surface area (Å²) in [6, 6.07) is -4.55. The summed E-state index contributed by atoms with van der Waals surface area (Å²) in [7, 11) is 0. The second-order valence-electron chi connectivity index (χ2n) is 10.3. The normalized spacial score (nSPS) is 13.3. The van der Waals surface area contributed by atoms with Crippen LogP contribution < -0.4 is 61.4 Å². The Labute approximate surface area is 263 Å². The number of hydrogen-bond donors (Lipinski definition) is 12. The highest BCUT2D eigenvalue weighted by Crippen LogP contribution is 2.08. The standard InChI is InChI=1S/C26H53N13O6/c27-11-3-1-7-16(36-20(40)15-29)21(41)38-18(9-5-13-34-25(30)31)22(42)37-17(8-2-4-12-28)23(43)39-19(24(44)45)10-6-14-35-26(32)33/h16-19H,1-15,27-29H2,(H,36,40)(H,37,42)(H,38,41)(H,39,43)(H,44,45)(H4,30,31,34)(H4,32,33,35). The Balaban J connectivity index is 5.92. The van der Waals surface area contributed by atoms with Gasteiger partial charge in [0, 0.05) is 13.1 Å². The highest BCUT2D eigenvalue weighted by atomic mass is 16.4. The van der Waals surface area contributed by atoms with Crippen molar-refractivity contribution >= 4 is 41.5 Å². The van der Waals surface area contributed by atoms with Gasteiger partial charge in [0.1, 0.15) is 24.2 Å². The van der Waals surface area contributed by atoms with Gasteiger partial charge in [-0.15, -0.1) is 0 Å². The van der Waals surface area contributed by atoms with Crippen LogP contribution in [-0.4, -0.2) is 104 Å². The molecule has 45 heavy (non-hydrogen) atoms. The maximum absolute atomic E-state index is 13.5. The average Bonchev–Trinajstić information content (AvgIpc) is 2.98. The number of aliphatic carboxylic acids is 1. The molecule has 0 fully saturated rings. The summed E-state index contributed by atoms with van der Waals surface area (Å²) in [6.07, 6.45) is 3.20. The third-order valence-electron chi connectivity index (χ3n) is 6.50. The summed E-state index contributed by atoms with van der Waals surface area (Å²) in [5.41, 5.74) is 37.9. The van der Waals surface area contributed by atoms with Crippen LogP contribution in [0, 0.1) is 0 Å². The smallest absolute Gasteiger partial charge is 0.326 e. The minimum Gasteiger partial charge on any atom is -0.480 e. The van der Waals surface area contributed by atoms with Gasteiger partial charge >= 0.3 is 5.97 Å². The van der Waals surface area contributed by atoms with Crippen LogP contribution in [0.25, 0.3) is 0 Å². The molecule has 258 valence electrons. The first-order valence-corrected chi connectivity index (χ1v) is 15.0. The van der Waals surface area contributed by atoms with Crippen molar-refractivity contribution in [2.24, 2.45) is 50.1 Å². The van der Waals surface area contributed by atoms with Crippen molar-refractivity contribution in [3.8, 4) is 0 Å². The van der Waals surface area contributed by atoms with Crippen LogP contribution in [0.2, 0.25) is 0 Å². The van der Waals surface area contributed by atoms with Crippen LogP contribution in [0.3, 0.4) is 0 Å². The summed E-state index contributed by atoms with van der Waals surface area (Å²) in [6.45, 7) is 0.718. The zero-order chi connectivity index (χ0) is 34.2. The SMILES string of the molecule is NCCCCC(NC(=O)CN)C(=O)NC(CCCN=C(N)N)C(=O)NC(CCCCN)C(=O)NC(CCCN=C(N)N)C(=O)O. The van der Waals surface area contributed by atoms with E-state index in [0.29, 0.717) is 38.8 Å². The number of carbonyl (C=O) groups excluding carboxylic acids is 4. The predicted molar refractivity (Wildman–Crippen MR) is 170 cm³/mol. The maximum atomic E-state index is 13.5. The van der Waals surface area contributed by atoms with E-state index in [2.05, 4.69) is 31.3 Å². The molecule has 4 atom stereocenters. The van der Waals surface area contributed by atoms with Crippen molar-refractivity contribution in [1.29, 1.82) is 0 Å². The molecule has 19 heteroatoms. The van der Waals surface area contributed by atoms with E-state index in [9.17, 15) is 29.1 Å². The monoisotopic (exact) mass is 643 g/mol. The molecule has 0 aromatic carbocycles. The number of aliphatic imine (C=N–C) groups is 2. The van der Waals surface area contributed by atoms with Crippen LogP contribution >= 0.6 is 0 Å². The first-order valence-electron chi connectivity index (χ1n) is 15.0. The summed E-state index contributed by atoms with van der Waals surface area (Å²) in [4.78, 5) is 71.5. The minimum absolute atomic E-state index is 0.0326. The zero-order valence-corrected chi connectivity index (χ0v) is 25.8. The van der Waals surface area contributed by atoms with E-state index >= 15 is 0 Å². The number of carbonyl (C=O) groups is 5. The molecule has 0 aromatic heterocycles. The van der Waals surface area contributed by atoms with Crippen molar-refractivity contribution in [2.45, 2.75) is 88.4 Å². The van der Waals surface area contributed by atoms with Gasteiger partial charge in [-0.05, 0) is 77.3 Å². The Morgan fingerprint density at radius 1 is 0.533 bits per heavy atom. The molecular formula is C26H53N13O6. The highest BCUT2D eigenvalue weighted by Gasteiger charge is 2.31. The van der Waals surface area contributed by atoms with Crippen LogP contribution in [-0.2, 0) is 24.0 Å². The Kier molecular flexibility index (Phi) is 21.9. The Morgan fingerprint density at radius 3 is 1.24 bits per heavy atom. The number of nitrogens with zero attached hydrogens (tertiary/aromatic N) is 2. The van der Waals surface area contributed by atoms with Crippen LogP contribution in [0.4, 0.5) is 0 Å². The topological polar surface area (TPSA) is 361 Å². The van der Waals surface area contributed by atoms with Gasteiger partial charge in [0.15, 0.2) is 11.9 Å². The quantitative estimate of drug-likeness (QED) is 0.0253. The molecule has 0 saturated carbocycles. The number of nitrogens with two attached hydrogens (primary N) is 7.